The molecule has 2 aromatic carbocycles. The summed E-state index contributed by atoms with van der Waals surface area (Å²) < 4.78 is 0. The van der Waals surface area contributed by atoms with E-state index in [1.165, 1.54) is 22.3 Å². The highest BCUT2D eigenvalue weighted by Crippen LogP contribution is 2.25. The van der Waals surface area contributed by atoms with Gasteiger partial charge in [-0.3, -0.25) is 4.99 Å². The molecule has 0 saturated carbocycles. The lowest BCUT2D eigenvalue weighted by molar-refractivity contribution is 1.08. The predicted molar refractivity (Wildman–Crippen MR) is 79.9 cm³/mol. The lowest BCUT2D eigenvalue weighted by atomic mass is 9.97. The van der Waals surface area contributed by atoms with Gasteiger partial charge in [0, 0.05) is 10.6 Å². The van der Waals surface area contributed by atoms with Gasteiger partial charge in [-0.25, -0.2) is 0 Å². The second-order valence-electron chi connectivity index (χ2n) is 4.91. The van der Waals surface area contributed by atoms with Crippen molar-refractivity contribution >= 4 is 17.4 Å². The Balaban J connectivity index is 1.93. The zero-order valence-electron chi connectivity index (χ0n) is 10.8. The summed E-state index contributed by atoms with van der Waals surface area (Å²) in [7, 11) is 0. The molecule has 0 aromatic heterocycles. The monoisotopic (exact) mass is 270 g/mol. The minimum atomic E-state index is 0.649. The first-order chi connectivity index (χ1) is 9.15. The number of halogens is 1. The Morgan fingerprint density at radius 3 is 2.89 bits per heavy atom. The van der Waals surface area contributed by atoms with Gasteiger partial charge < -0.3 is 5.73 Å². The van der Waals surface area contributed by atoms with Gasteiger partial charge in [0.1, 0.15) is 5.84 Å². The highest BCUT2D eigenvalue weighted by Gasteiger charge is 2.14. The van der Waals surface area contributed by atoms with Crippen LogP contribution in [0.3, 0.4) is 0 Å². The van der Waals surface area contributed by atoms with Gasteiger partial charge >= 0.3 is 0 Å². The van der Waals surface area contributed by atoms with Crippen molar-refractivity contribution in [2.45, 2.75) is 19.9 Å². The molecule has 0 spiro atoms. The van der Waals surface area contributed by atoms with Crippen molar-refractivity contribution in [3.05, 3.63) is 69.2 Å². The number of fused-ring (bicyclic) bond motifs is 1. The fraction of sp³-hybridized carbons (Fsp3) is 0.188. The summed E-state index contributed by atoms with van der Waals surface area (Å²) in [5, 5.41) is 0.830. The number of nitrogens with zero attached hydrogens (tertiary/aromatic N) is 1. The van der Waals surface area contributed by atoms with Crippen molar-refractivity contribution < 1.29 is 0 Å². The van der Waals surface area contributed by atoms with Gasteiger partial charge in [-0.15, -0.1) is 0 Å². The fourth-order valence-electron chi connectivity index (χ4n) is 2.49. The molecule has 0 aliphatic carbocycles. The van der Waals surface area contributed by atoms with E-state index >= 15 is 0 Å². The molecule has 2 N–H and O–H groups in total. The Labute approximate surface area is 117 Å². The molecule has 1 aliphatic heterocycles. The lowest BCUT2D eigenvalue weighted by Crippen LogP contribution is -2.10. The molecule has 0 unspecified atom stereocenters. The normalized spacial score (nSPS) is 13.3. The van der Waals surface area contributed by atoms with Crippen LogP contribution in [-0.4, -0.2) is 5.84 Å². The van der Waals surface area contributed by atoms with E-state index in [2.05, 4.69) is 36.2 Å². The van der Waals surface area contributed by atoms with Gasteiger partial charge in [0.25, 0.3) is 0 Å². The van der Waals surface area contributed by atoms with Crippen LogP contribution in [0.5, 0.6) is 0 Å². The topological polar surface area (TPSA) is 38.4 Å². The van der Waals surface area contributed by atoms with Crippen molar-refractivity contribution in [1.29, 1.82) is 0 Å². The summed E-state index contributed by atoms with van der Waals surface area (Å²) in [4.78, 5) is 4.26. The van der Waals surface area contributed by atoms with Gasteiger partial charge in [-0.05, 0) is 41.7 Å². The van der Waals surface area contributed by atoms with Gasteiger partial charge in [0.05, 0.1) is 6.54 Å². The first-order valence-corrected chi connectivity index (χ1v) is 6.69. The fourth-order valence-corrected chi connectivity index (χ4v) is 2.78. The Hall–Kier alpha value is -1.80. The number of nitrogens with two attached hydrogens (primary N) is 1. The van der Waals surface area contributed by atoms with Crippen molar-refractivity contribution in [2.75, 3.05) is 0 Å². The van der Waals surface area contributed by atoms with E-state index in [0.717, 1.165) is 17.0 Å². The Morgan fingerprint density at radius 2 is 2.11 bits per heavy atom. The van der Waals surface area contributed by atoms with Gasteiger partial charge in [-0.2, -0.15) is 0 Å². The van der Waals surface area contributed by atoms with Crippen molar-refractivity contribution in [3.63, 3.8) is 0 Å². The molecule has 19 heavy (non-hydrogen) atoms. The van der Waals surface area contributed by atoms with Crippen LogP contribution in [0, 0.1) is 6.92 Å². The van der Waals surface area contributed by atoms with E-state index in [1.807, 2.05) is 12.1 Å². The molecule has 0 fully saturated rings. The van der Waals surface area contributed by atoms with Gasteiger partial charge in [0.15, 0.2) is 0 Å². The number of rotatable bonds is 2. The third-order valence-corrected chi connectivity index (χ3v) is 3.95. The minimum absolute atomic E-state index is 0.649. The van der Waals surface area contributed by atoms with Crippen LogP contribution < -0.4 is 5.73 Å². The zero-order valence-corrected chi connectivity index (χ0v) is 11.5. The van der Waals surface area contributed by atoms with Crippen LogP contribution in [0.25, 0.3) is 0 Å². The average molecular weight is 271 g/mol. The average Bonchev–Trinajstić information content (AvgIpc) is 2.76. The third-order valence-electron chi connectivity index (χ3n) is 3.60. The summed E-state index contributed by atoms with van der Waals surface area (Å²) in [5.41, 5.74) is 11.8. The van der Waals surface area contributed by atoms with Crippen LogP contribution in [0.1, 0.15) is 27.8 Å². The molecule has 1 heterocycles. The highest BCUT2D eigenvalue weighted by molar-refractivity contribution is 6.31. The van der Waals surface area contributed by atoms with Crippen molar-refractivity contribution in [1.82, 2.24) is 0 Å². The number of aryl methyl sites for hydroxylation is 1. The van der Waals surface area contributed by atoms with E-state index in [1.54, 1.807) is 0 Å². The molecule has 2 nitrogen and oxygen atoms in total. The number of hydrogen-bond donors (Lipinski definition) is 1. The van der Waals surface area contributed by atoms with Crippen LogP contribution in [0.2, 0.25) is 5.02 Å². The standard InChI is InChI=1S/C16H15ClN2/c1-10-3-2-4-15(17)14(10)8-11-5-6-13-12(7-11)9-19-16(13)18/h2-7H,8-9H2,1H3,(H2,18,19). The summed E-state index contributed by atoms with van der Waals surface area (Å²) in [5.74, 6) is 0.649. The molecule has 1 aliphatic rings. The van der Waals surface area contributed by atoms with Crippen LogP contribution in [-0.2, 0) is 13.0 Å². The zero-order chi connectivity index (χ0) is 13.4. The molecular formula is C16H15ClN2. The van der Waals surface area contributed by atoms with E-state index in [9.17, 15) is 0 Å². The molecule has 0 saturated heterocycles. The summed E-state index contributed by atoms with van der Waals surface area (Å²) in [6, 6.07) is 12.4. The van der Waals surface area contributed by atoms with Gasteiger partial charge in [0.2, 0.25) is 0 Å². The van der Waals surface area contributed by atoms with E-state index in [0.29, 0.717) is 12.4 Å². The Kier molecular flexibility index (Phi) is 3.03. The van der Waals surface area contributed by atoms with Crippen molar-refractivity contribution in [3.8, 4) is 0 Å². The largest absolute Gasteiger partial charge is 0.383 e. The second kappa shape index (κ2) is 4.71. The maximum atomic E-state index is 6.28. The quantitative estimate of drug-likeness (QED) is 0.892. The summed E-state index contributed by atoms with van der Waals surface area (Å²) in [6.45, 7) is 2.78. The minimum Gasteiger partial charge on any atom is -0.383 e. The van der Waals surface area contributed by atoms with Crippen LogP contribution >= 0.6 is 11.6 Å². The SMILES string of the molecule is Cc1cccc(Cl)c1Cc1ccc2c(c1)CN=C2N. The third kappa shape index (κ3) is 2.24. The Bertz CT molecular complexity index is 654. The molecule has 3 heteroatoms. The molecule has 2 aromatic rings. The first kappa shape index (κ1) is 12.2. The lowest BCUT2D eigenvalue weighted by Gasteiger charge is -2.09. The number of amidine groups is 1. The van der Waals surface area contributed by atoms with E-state index in [4.69, 9.17) is 17.3 Å². The maximum Gasteiger partial charge on any atom is 0.126 e. The van der Waals surface area contributed by atoms with E-state index in [-0.39, 0.29) is 0 Å². The Morgan fingerprint density at radius 1 is 1.26 bits per heavy atom. The highest BCUT2D eigenvalue weighted by atomic mass is 35.5. The van der Waals surface area contributed by atoms with Crippen LogP contribution in [0.15, 0.2) is 41.4 Å². The number of aliphatic imine (C=N–C) groups is 1. The molecule has 0 bridgehead atoms. The maximum absolute atomic E-state index is 6.28. The molecule has 96 valence electrons. The van der Waals surface area contributed by atoms with Gasteiger partial charge in [-0.1, -0.05) is 41.9 Å². The number of benzene rings is 2. The second-order valence-corrected chi connectivity index (χ2v) is 5.31. The molecule has 0 atom stereocenters. The van der Waals surface area contributed by atoms with Crippen LogP contribution in [0.4, 0.5) is 0 Å². The molecular weight excluding hydrogens is 256 g/mol. The smallest absolute Gasteiger partial charge is 0.126 e. The van der Waals surface area contributed by atoms with E-state index < -0.39 is 0 Å². The first-order valence-electron chi connectivity index (χ1n) is 6.31. The molecule has 0 amide bonds. The van der Waals surface area contributed by atoms with Crippen molar-refractivity contribution in [2.24, 2.45) is 10.7 Å². The number of hydrogen-bond acceptors (Lipinski definition) is 2. The predicted octanol–water partition coefficient (Wildman–Crippen LogP) is 3.46. The molecule has 0 radical (unpaired) electrons. The summed E-state index contributed by atoms with van der Waals surface area (Å²) >= 11 is 6.28. The molecule has 3 rings (SSSR count). The summed E-state index contributed by atoms with van der Waals surface area (Å²) in [6.07, 6.45) is 0.846.